The van der Waals surface area contributed by atoms with E-state index in [0.29, 0.717) is 0 Å². The van der Waals surface area contributed by atoms with Crippen molar-refractivity contribution in [3.8, 4) is 0 Å². The summed E-state index contributed by atoms with van der Waals surface area (Å²) in [5.41, 5.74) is 4.50. The molecule has 0 spiro atoms. The van der Waals surface area contributed by atoms with Crippen LogP contribution < -0.4 is 5.73 Å². The molecule has 0 fully saturated rings. The molecule has 0 saturated heterocycles. The molecule has 7 heavy (non-hydrogen) atoms. The van der Waals surface area contributed by atoms with E-state index in [9.17, 15) is 0 Å². The second kappa shape index (κ2) is 140. The maximum absolute atomic E-state index is 4.50. The lowest BCUT2D eigenvalue weighted by molar-refractivity contribution is 1.48. The minimum absolute atomic E-state index is 0.944. The predicted octanol–water partition coefficient (Wildman–Crippen LogP) is 1.31. The largest absolute Gasteiger partial charge is 0.333 e. The van der Waals surface area contributed by atoms with Crippen LogP contribution in [0.25, 0.3) is 0 Å². The molecule has 0 aliphatic heterocycles. The summed E-state index contributed by atoms with van der Waals surface area (Å²) >= 11 is 3.79. The van der Waals surface area contributed by atoms with Gasteiger partial charge in [-0.2, -0.15) is 12.6 Å². The topological polar surface area (TPSA) is 26.0 Å². The summed E-state index contributed by atoms with van der Waals surface area (Å²) in [6.07, 6.45) is 0. The van der Waals surface area contributed by atoms with Gasteiger partial charge in [0, 0.05) is 0 Å². The number of thiol groups is 1. The highest BCUT2D eigenvalue weighted by atomic mass is 32.1. The maximum atomic E-state index is 4.50. The monoisotopic (exact) mass is 121 g/mol. The highest BCUT2D eigenvalue weighted by molar-refractivity contribution is 7.80. The summed E-state index contributed by atoms with van der Waals surface area (Å²) in [6.45, 7) is 7.99. The Morgan fingerprint density at radius 2 is 1.43 bits per heavy atom. The van der Waals surface area contributed by atoms with Gasteiger partial charge in [-0.25, -0.2) is 0 Å². The van der Waals surface area contributed by atoms with E-state index < -0.39 is 0 Å². The second-order valence-electron chi connectivity index (χ2n) is 0.316. The molecule has 2 N–H and O–H groups in total. The average molecular weight is 121 g/mol. The van der Waals surface area contributed by atoms with Crippen molar-refractivity contribution >= 4 is 12.6 Å². The molecule has 46 valence electrons. The molecule has 0 aliphatic carbocycles. The molecule has 0 aromatic heterocycles. The fourth-order valence-electron chi connectivity index (χ4n) is 0. The van der Waals surface area contributed by atoms with Gasteiger partial charge in [0.05, 0.1) is 0 Å². The van der Waals surface area contributed by atoms with E-state index in [1.807, 2.05) is 6.92 Å². The van der Waals surface area contributed by atoms with Crippen LogP contribution in [0.5, 0.6) is 0 Å². The van der Waals surface area contributed by atoms with Gasteiger partial charge in [0.15, 0.2) is 0 Å². The molecular weight excluding hydrogens is 106 g/mol. The molecule has 0 saturated carbocycles. The molecule has 0 bridgehead atoms. The van der Waals surface area contributed by atoms with Gasteiger partial charge in [-0.05, 0) is 12.8 Å². The van der Waals surface area contributed by atoms with Crippen molar-refractivity contribution in [2.24, 2.45) is 5.73 Å². The van der Waals surface area contributed by atoms with Gasteiger partial charge in [0.25, 0.3) is 0 Å². The van der Waals surface area contributed by atoms with Gasteiger partial charge < -0.3 is 5.73 Å². The van der Waals surface area contributed by atoms with E-state index >= 15 is 0 Å². The Bertz CT molecular complexity index is 12.0. The molecule has 0 heterocycles. The lowest BCUT2D eigenvalue weighted by Gasteiger charge is -1.48. The van der Waals surface area contributed by atoms with Crippen molar-refractivity contribution in [2.75, 3.05) is 12.8 Å². The molecule has 0 unspecified atom stereocenters. The Morgan fingerprint density at radius 3 is 1.43 bits per heavy atom. The summed E-state index contributed by atoms with van der Waals surface area (Å²) in [5.74, 6) is 0.944. The normalized spacial score (nSPS) is 4.00. The third-order valence-electron chi connectivity index (χ3n) is 0. The third kappa shape index (κ3) is 39700. The molecule has 0 aliphatic rings. The summed E-state index contributed by atoms with van der Waals surface area (Å²) in [7, 11) is 1.50. The summed E-state index contributed by atoms with van der Waals surface area (Å²) in [4.78, 5) is 0. The molecule has 0 aromatic carbocycles. The maximum Gasteiger partial charge on any atom is -0.0126 e. The van der Waals surface area contributed by atoms with E-state index in [4.69, 9.17) is 0 Å². The Kier molecular flexibility index (Phi) is 315. The smallest absolute Gasteiger partial charge is 0.0126 e. The Morgan fingerprint density at radius 1 is 1.43 bits per heavy atom. The van der Waals surface area contributed by atoms with Gasteiger partial charge in [0.1, 0.15) is 0 Å². The third-order valence-corrected chi connectivity index (χ3v) is 0. The summed E-state index contributed by atoms with van der Waals surface area (Å²) in [6, 6.07) is 0. The van der Waals surface area contributed by atoms with Gasteiger partial charge in [0.2, 0.25) is 0 Å². The zero-order chi connectivity index (χ0) is 6.71. The van der Waals surface area contributed by atoms with Crippen molar-refractivity contribution in [3.63, 3.8) is 0 Å². The first-order valence-electron chi connectivity index (χ1n) is 2.10. The van der Waals surface area contributed by atoms with E-state index in [2.05, 4.69) is 31.5 Å². The molecule has 0 aromatic rings. The predicted molar refractivity (Wildman–Crippen MR) is 40.9 cm³/mol. The van der Waals surface area contributed by atoms with Crippen molar-refractivity contribution < 1.29 is 0 Å². The number of hydrogen-bond donors (Lipinski definition) is 2. The Balaban J connectivity index is -0.0000000360. The molecule has 0 rings (SSSR count). The van der Waals surface area contributed by atoms with Crippen LogP contribution in [0.1, 0.15) is 6.92 Å². The van der Waals surface area contributed by atoms with Crippen LogP contribution in [0.2, 0.25) is 0 Å². The standard InChI is InChI=1S/C2H6S.C2H4.CH5N/c1-2-3;2*1-2/h3H,2H2,1H3;1-2H2;2H2,1H3. The van der Waals surface area contributed by atoms with Gasteiger partial charge in [-0.3, -0.25) is 0 Å². The van der Waals surface area contributed by atoms with Crippen LogP contribution >= 0.6 is 12.6 Å². The van der Waals surface area contributed by atoms with Crippen LogP contribution in [0.3, 0.4) is 0 Å². The minimum Gasteiger partial charge on any atom is -0.333 e. The molecule has 2 heteroatoms. The first-order valence-corrected chi connectivity index (χ1v) is 2.73. The lowest BCUT2D eigenvalue weighted by Crippen LogP contribution is -1.69. The summed E-state index contributed by atoms with van der Waals surface area (Å²) in [5, 5.41) is 0. The average Bonchev–Trinajstić information content (AvgIpc) is 1.78. The highest BCUT2D eigenvalue weighted by Gasteiger charge is 1.35. The van der Waals surface area contributed by atoms with E-state index in [1.54, 1.807) is 0 Å². The quantitative estimate of drug-likeness (QED) is 0.367. The van der Waals surface area contributed by atoms with Crippen molar-refractivity contribution in [2.45, 2.75) is 6.92 Å². The summed E-state index contributed by atoms with van der Waals surface area (Å²) < 4.78 is 0. The van der Waals surface area contributed by atoms with Crippen molar-refractivity contribution in [1.29, 1.82) is 0 Å². The number of rotatable bonds is 0. The first kappa shape index (κ1) is 15.7. The molecule has 0 amide bonds. The molecular formula is C5H15NS. The van der Waals surface area contributed by atoms with Gasteiger partial charge >= 0.3 is 0 Å². The Hall–Kier alpha value is 0.0500. The molecule has 0 atom stereocenters. The fourth-order valence-corrected chi connectivity index (χ4v) is 0. The van der Waals surface area contributed by atoms with Crippen LogP contribution in [0, 0.1) is 0 Å². The minimum atomic E-state index is 0.944. The first-order chi connectivity index (χ1) is 3.41. The molecule has 1 nitrogen and oxygen atoms in total. The van der Waals surface area contributed by atoms with Crippen LogP contribution in [-0.4, -0.2) is 12.8 Å². The number of nitrogens with two attached hydrogens (primary N) is 1. The highest BCUT2D eigenvalue weighted by Crippen LogP contribution is 1.58. The van der Waals surface area contributed by atoms with Crippen LogP contribution in [-0.2, 0) is 0 Å². The van der Waals surface area contributed by atoms with E-state index in [0.717, 1.165) is 5.75 Å². The van der Waals surface area contributed by atoms with E-state index in [1.165, 1.54) is 7.05 Å². The van der Waals surface area contributed by atoms with Gasteiger partial charge in [-0.1, -0.05) is 6.92 Å². The van der Waals surface area contributed by atoms with Crippen molar-refractivity contribution in [3.05, 3.63) is 13.2 Å². The molecule has 0 radical (unpaired) electrons. The second-order valence-corrected chi connectivity index (χ2v) is 0.949. The SMILES string of the molecule is C=C.CCS.CN. The van der Waals surface area contributed by atoms with E-state index in [-0.39, 0.29) is 0 Å². The lowest BCUT2D eigenvalue weighted by atomic mass is 11.0. The van der Waals surface area contributed by atoms with Crippen LogP contribution in [0.15, 0.2) is 13.2 Å². The Labute approximate surface area is 52.0 Å². The van der Waals surface area contributed by atoms with Gasteiger partial charge in [-0.15, -0.1) is 13.2 Å². The van der Waals surface area contributed by atoms with Crippen molar-refractivity contribution in [1.82, 2.24) is 0 Å². The zero-order valence-electron chi connectivity index (χ0n) is 5.15. The van der Waals surface area contributed by atoms with Crippen LogP contribution in [0.4, 0.5) is 0 Å². The fraction of sp³-hybridized carbons (Fsp3) is 0.600. The number of hydrogen-bond acceptors (Lipinski definition) is 2. The zero-order valence-corrected chi connectivity index (χ0v) is 6.04.